The maximum absolute atomic E-state index is 11.1. The van der Waals surface area contributed by atoms with Gasteiger partial charge in [0.05, 0.1) is 6.20 Å². The number of sulfone groups is 1. The lowest BCUT2D eigenvalue weighted by atomic mass is 10.4. The van der Waals surface area contributed by atoms with Crippen LogP contribution < -0.4 is 11.1 Å². The van der Waals surface area contributed by atoms with Gasteiger partial charge in [0.1, 0.15) is 5.69 Å². The van der Waals surface area contributed by atoms with Crippen molar-refractivity contribution in [3.8, 4) is 0 Å². The molecule has 1 amide bonds. The van der Waals surface area contributed by atoms with E-state index in [0.717, 1.165) is 12.5 Å². The number of carbonyl (C=O) groups excluding carboxylic acids is 1. The zero-order valence-corrected chi connectivity index (χ0v) is 9.00. The summed E-state index contributed by atoms with van der Waals surface area (Å²) in [7, 11) is -3.49. The number of hydrogen-bond donors (Lipinski definition) is 2. The molecule has 0 unspecified atom stereocenters. The predicted molar refractivity (Wildman–Crippen MR) is 53.9 cm³/mol. The molecule has 0 bridgehead atoms. The molecule has 1 aromatic rings. The Balaban J connectivity index is 3.15. The Labute approximate surface area is 86.6 Å². The zero-order chi connectivity index (χ0) is 11.6. The second-order valence-corrected chi connectivity index (χ2v) is 4.81. The fraction of sp³-hybridized carbons (Fsp3) is 0.286. The van der Waals surface area contributed by atoms with Crippen molar-refractivity contribution in [2.45, 2.75) is 12.1 Å². The van der Waals surface area contributed by atoms with Crippen molar-refractivity contribution in [3.63, 3.8) is 0 Å². The first-order valence-electron chi connectivity index (χ1n) is 3.91. The highest BCUT2D eigenvalue weighted by Crippen LogP contribution is 2.15. The summed E-state index contributed by atoms with van der Waals surface area (Å²) in [5.74, 6) is -0.418. The highest BCUT2D eigenvalue weighted by Gasteiger charge is 2.13. The summed E-state index contributed by atoms with van der Waals surface area (Å²) in [6.07, 6.45) is 2.12. The Hall–Kier alpha value is -1.70. The van der Waals surface area contributed by atoms with Crippen molar-refractivity contribution in [1.29, 1.82) is 0 Å². The van der Waals surface area contributed by atoms with E-state index in [-0.39, 0.29) is 22.6 Å². The van der Waals surface area contributed by atoms with Gasteiger partial charge in [-0.1, -0.05) is 0 Å². The molecule has 0 spiro atoms. The molecule has 0 aliphatic carbocycles. The number of nitrogens with two attached hydrogens (primary N) is 1. The minimum atomic E-state index is -3.49. The van der Waals surface area contributed by atoms with Gasteiger partial charge in [0.15, 0.2) is 5.82 Å². The smallest absolute Gasteiger partial charge is 0.248 e. The molecule has 1 aromatic heterocycles. The highest BCUT2D eigenvalue weighted by atomic mass is 32.2. The number of carbonyl (C=O) groups is 1. The van der Waals surface area contributed by atoms with Gasteiger partial charge in [0.2, 0.25) is 20.9 Å². The molecule has 0 saturated heterocycles. The van der Waals surface area contributed by atoms with Crippen molar-refractivity contribution < 1.29 is 13.2 Å². The van der Waals surface area contributed by atoms with E-state index >= 15 is 0 Å². The minimum absolute atomic E-state index is 0.0828. The summed E-state index contributed by atoms with van der Waals surface area (Å²) < 4.78 is 22.1. The number of nitrogen functional groups attached to an aromatic ring is 1. The first-order chi connectivity index (χ1) is 6.80. The number of aromatic nitrogens is 2. The third-order valence-electron chi connectivity index (χ3n) is 1.44. The van der Waals surface area contributed by atoms with Gasteiger partial charge < -0.3 is 11.1 Å². The molecule has 7 nitrogen and oxygen atoms in total. The van der Waals surface area contributed by atoms with Gasteiger partial charge in [-0.05, 0) is 0 Å². The van der Waals surface area contributed by atoms with E-state index in [1.807, 2.05) is 0 Å². The number of anilines is 2. The van der Waals surface area contributed by atoms with E-state index in [4.69, 9.17) is 5.73 Å². The van der Waals surface area contributed by atoms with Crippen LogP contribution in [-0.4, -0.2) is 30.5 Å². The molecule has 0 radical (unpaired) electrons. The molecule has 15 heavy (non-hydrogen) atoms. The topological polar surface area (TPSA) is 115 Å². The molecule has 82 valence electrons. The van der Waals surface area contributed by atoms with Crippen LogP contribution >= 0.6 is 0 Å². The molecule has 0 aromatic carbocycles. The predicted octanol–water partition coefficient (Wildman–Crippen LogP) is -0.579. The van der Waals surface area contributed by atoms with E-state index in [2.05, 4.69) is 15.3 Å². The average Bonchev–Trinajstić information content (AvgIpc) is 2.05. The lowest BCUT2D eigenvalue weighted by Crippen LogP contribution is -2.12. The van der Waals surface area contributed by atoms with Crippen molar-refractivity contribution in [2.75, 3.05) is 17.3 Å². The third-order valence-corrected chi connectivity index (χ3v) is 2.30. The molecule has 3 N–H and O–H groups in total. The number of amides is 1. The van der Waals surface area contributed by atoms with E-state index in [9.17, 15) is 13.2 Å². The fourth-order valence-corrected chi connectivity index (χ4v) is 1.35. The number of hydrogen-bond acceptors (Lipinski definition) is 6. The van der Waals surface area contributed by atoms with Crippen molar-refractivity contribution in [3.05, 3.63) is 6.20 Å². The molecule has 0 aliphatic heterocycles. The highest BCUT2D eigenvalue weighted by molar-refractivity contribution is 7.90. The van der Waals surface area contributed by atoms with Gasteiger partial charge in [0.25, 0.3) is 0 Å². The van der Waals surface area contributed by atoms with Crippen molar-refractivity contribution >= 4 is 27.2 Å². The summed E-state index contributed by atoms with van der Waals surface area (Å²) in [6.45, 7) is 1.30. The van der Waals surface area contributed by atoms with Crippen molar-refractivity contribution in [1.82, 2.24) is 9.97 Å². The lowest BCUT2D eigenvalue weighted by molar-refractivity contribution is -0.114. The van der Waals surface area contributed by atoms with Gasteiger partial charge in [-0.25, -0.2) is 13.4 Å². The van der Waals surface area contributed by atoms with Gasteiger partial charge >= 0.3 is 0 Å². The monoisotopic (exact) mass is 230 g/mol. The van der Waals surface area contributed by atoms with Crippen LogP contribution in [0, 0.1) is 0 Å². The maximum atomic E-state index is 11.1. The fourth-order valence-electron chi connectivity index (χ4n) is 0.843. The molecule has 0 fully saturated rings. The summed E-state index contributed by atoms with van der Waals surface area (Å²) in [5, 5.41) is 2.00. The Morgan fingerprint density at radius 2 is 2.13 bits per heavy atom. The van der Waals surface area contributed by atoms with Gasteiger partial charge in [-0.15, -0.1) is 0 Å². The van der Waals surface area contributed by atoms with Crippen LogP contribution in [0.3, 0.4) is 0 Å². The molecular formula is C7H10N4O3S. The standard InChI is InChI=1S/C7H10N4O3S/c1-4(12)10-5-3-9-7(11-6(5)8)15(2,13)14/h3H,1-2H3,(H,10,12)(H2,8,9,11). The van der Waals surface area contributed by atoms with Crippen LogP contribution in [0.2, 0.25) is 0 Å². The normalized spacial score (nSPS) is 11.1. The molecule has 8 heteroatoms. The van der Waals surface area contributed by atoms with E-state index < -0.39 is 9.84 Å². The first kappa shape index (κ1) is 11.4. The Morgan fingerprint density at radius 1 is 1.53 bits per heavy atom. The molecule has 1 heterocycles. The van der Waals surface area contributed by atoms with Gasteiger partial charge in [0, 0.05) is 13.2 Å². The summed E-state index contributed by atoms with van der Waals surface area (Å²) in [4.78, 5) is 17.8. The number of nitrogens with one attached hydrogen (secondary N) is 1. The van der Waals surface area contributed by atoms with Crippen LogP contribution in [-0.2, 0) is 14.6 Å². The molecular weight excluding hydrogens is 220 g/mol. The van der Waals surface area contributed by atoms with E-state index in [1.54, 1.807) is 0 Å². The lowest BCUT2D eigenvalue weighted by Gasteiger charge is -2.05. The average molecular weight is 230 g/mol. The van der Waals surface area contributed by atoms with E-state index in [1.165, 1.54) is 6.92 Å². The molecule has 0 aliphatic rings. The van der Waals surface area contributed by atoms with Gasteiger partial charge in [-0.3, -0.25) is 4.79 Å². The zero-order valence-electron chi connectivity index (χ0n) is 8.18. The van der Waals surface area contributed by atoms with Crippen LogP contribution in [0.15, 0.2) is 11.4 Å². The Morgan fingerprint density at radius 3 is 2.53 bits per heavy atom. The third kappa shape index (κ3) is 2.88. The second-order valence-electron chi connectivity index (χ2n) is 2.90. The van der Waals surface area contributed by atoms with Crippen LogP contribution in [0.5, 0.6) is 0 Å². The number of rotatable bonds is 2. The van der Waals surface area contributed by atoms with Gasteiger partial charge in [-0.2, -0.15) is 4.98 Å². The Kier molecular flexibility index (Phi) is 2.89. The molecule has 0 atom stereocenters. The van der Waals surface area contributed by atoms with Crippen LogP contribution in [0.1, 0.15) is 6.92 Å². The number of nitrogens with zero attached hydrogens (tertiary/aromatic N) is 2. The molecule has 0 saturated carbocycles. The maximum Gasteiger partial charge on any atom is 0.248 e. The Bertz CT molecular complexity index is 497. The quantitative estimate of drug-likeness (QED) is 0.657. The summed E-state index contributed by atoms with van der Waals surface area (Å²) in [6, 6.07) is 0. The largest absolute Gasteiger partial charge is 0.382 e. The van der Waals surface area contributed by atoms with Crippen LogP contribution in [0.25, 0.3) is 0 Å². The molecule has 1 rings (SSSR count). The minimum Gasteiger partial charge on any atom is -0.382 e. The SMILES string of the molecule is CC(=O)Nc1cnc(S(C)(=O)=O)nc1N. The van der Waals surface area contributed by atoms with Crippen molar-refractivity contribution in [2.24, 2.45) is 0 Å². The first-order valence-corrected chi connectivity index (χ1v) is 5.80. The second kappa shape index (κ2) is 3.81. The van der Waals surface area contributed by atoms with E-state index in [0.29, 0.717) is 0 Å². The summed E-state index contributed by atoms with van der Waals surface area (Å²) in [5.41, 5.74) is 5.63. The summed E-state index contributed by atoms with van der Waals surface area (Å²) >= 11 is 0. The van der Waals surface area contributed by atoms with Crippen LogP contribution in [0.4, 0.5) is 11.5 Å².